The number of aromatic carboxylic acids is 1. The van der Waals surface area contributed by atoms with E-state index in [4.69, 9.17) is 5.11 Å². The predicted molar refractivity (Wildman–Crippen MR) is 88.6 cm³/mol. The zero-order chi connectivity index (χ0) is 16.5. The number of carboxylic acid groups (broad SMARTS) is 1. The fourth-order valence-electron chi connectivity index (χ4n) is 2.53. The van der Waals surface area contributed by atoms with Gasteiger partial charge >= 0.3 is 5.97 Å². The molecule has 1 aromatic carbocycles. The third kappa shape index (κ3) is 2.40. The molecule has 0 atom stereocenters. The van der Waals surface area contributed by atoms with E-state index in [2.05, 4.69) is 15.1 Å². The Bertz CT molecular complexity index is 1040. The Morgan fingerprint density at radius 2 is 1.88 bits per heavy atom. The second kappa shape index (κ2) is 5.58. The first-order valence-corrected chi connectivity index (χ1v) is 7.32. The lowest BCUT2D eigenvalue weighted by Gasteiger charge is -2.03. The minimum Gasteiger partial charge on any atom is -0.478 e. The molecule has 116 valence electrons. The molecule has 24 heavy (non-hydrogen) atoms. The number of hydrogen-bond donors (Lipinski definition) is 1. The van der Waals surface area contributed by atoms with Gasteiger partial charge in [-0.3, -0.25) is 4.98 Å². The van der Waals surface area contributed by atoms with Gasteiger partial charge < -0.3 is 5.11 Å². The van der Waals surface area contributed by atoms with E-state index in [1.165, 1.54) is 18.3 Å². The number of hydrogen-bond acceptors (Lipinski definition) is 4. The van der Waals surface area contributed by atoms with Crippen molar-refractivity contribution < 1.29 is 9.90 Å². The minimum atomic E-state index is -0.993. The number of fused-ring (bicyclic) bond motifs is 1. The Morgan fingerprint density at radius 1 is 1.04 bits per heavy atom. The summed E-state index contributed by atoms with van der Waals surface area (Å²) in [5.41, 5.74) is 3.85. The van der Waals surface area contributed by atoms with Crippen LogP contribution in [0.5, 0.6) is 0 Å². The zero-order valence-corrected chi connectivity index (χ0v) is 12.5. The molecule has 6 nitrogen and oxygen atoms in total. The molecular formula is C18H12N4O2. The summed E-state index contributed by atoms with van der Waals surface area (Å²) in [5.74, 6) is -0.993. The summed E-state index contributed by atoms with van der Waals surface area (Å²) in [5, 5.41) is 13.4. The minimum absolute atomic E-state index is 0.179. The van der Waals surface area contributed by atoms with Crippen molar-refractivity contribution in [3.05, 3.63) is 72.7 Å². The smallest absolute Gasteiger partial charge is 0.335 e. The van der Waals surface area contributed by atoms with E-state index in [9.17, 15) is 4.79 Å². The zero-order valence-electron chi connectivity index (χ0n) is 12.5. The van der Waals surface area contributed by atoms with Gasteiger partial charge in [0.25, 0.3) is 0 Å². The summed E-state index contributed by atoms with van der Waals surface area (Å²) >= 11 is 0. The van der Waals surface area contributed by atoms with Crippen LogP contribution >= 0.6 is 0 Å². The van der Waals surface area contributed by atoms with Crippen LogP contribution in [0.2, 0.25) is 0 Å². The Kier molecular flexibility index (Phi) is 3.28. The van der Waals surface area contributed by atoms with Gasteiger partial charge in [0.15, 0.2) is 5.65 Å². The number of pyridine rings is 1. The highest BCUT2D eigenvalue weighted by Gasteiger charge is 2.13. The molecule has 0 aliphatic heterocycles. The Balaban J connectivity index is 1.88. The van der Waals surface area contributed by atoms with Gasteiger partial charge in [-0.05, 0) is 18.2 Å². The monoisotopic (exact) mass is 316 g/mol. The molecule has 0 saturated heterocycles. The van der Waals surface area contributed by atoms with Crippen LogP contribution in [0, 0.1) is 0 Å². The molecule has 0 aliphatic rings. The summed E-state index contributed by atoms with van der Waals surface area (Å²) in [4.78, 5) is 20.1. The third-order valence-corrected chi connectivity index (χ3v) is 3.72. The summed E-state index contributed by atoms with van der Waals surface area (Å²) in [6, 6.07) is 14.7. The van der Waals surface area contributed by atoms with Crippen LogP contribution in [0.4, 0.5) is 0 Å². The second-order valence-corrected chi connectivity index (χ2v) is 5.24. The third-order valence-electron chi connectivity index (χ3n) is 3.72. The Hall–Kier alpha value is -3.54. The average molecular weight is 316 g/mol. The lowest BCUT2D eigenvalue weighted by Crippen LogP contribution is -1.97. The lowest BCUT2D eigenvalue weighted by molar-refractivity contribution is 0.0697. The van der Waals surface area contributed by atoms with E-state index < -0.39 is 5.97 Å². The van der Waals surface area contributed by atoms with E-state index in [0.29, 0.717) is 16.9 Å². The van der Waals surface area contributed by atoms with Crippen LogP contribution in [0.1, 0.15) is 10.4 Å². The molecular weight excluding hydrogens is 304 g/mol. The molecule has 0 unspecified atom stereocenters. The number of benzene rings is 1. The van der Waals surface area contributed by atoms with Gasteiger partial charge in [0, 0.05) is 18.0 Å². The first kappa shape index (κ1) is 14.1. The van der Waals surface area contributed by atoms with Crippen LogP contribution in [0.25, 0.3) is 28.2 Å². The number of carbonyl (C=O) groups is 1. The van der Waals surface area contributed by atoms with Gasteiger partial charge in [-0.15, -0.1) is 0 Å². The van der Waals surface area contributed by atoms with Gasteiger partial charge in [-0.2, -0.15) is 5.10 Å². The first-order valence-electron chi connectivity index (χ1n) is 7.32. The van der Waals surface area contributed by atoms with Crippen LogP contribution in [-0.2, 0) is 0 Å². The van der Waals surface area contributed by atoms with E-state index in [-0.39, 0.29) is 5.56 Å². The molecule has 0 spiro atoms. The largest absolute Gasteiger partial charge is 0.478 e. The highest BCUT2D eigenvalue weighted by Crippen LogP contribution is 2.24. The molecule has 1 N–H and O–H groups in total. The van der Waals surface area contributed by atoms with Crippen molar-refractivity contribution in [1.29, 1.82) is 0 Å². The molecule has 0 bridgehead atoms. The van der Waals surface area contributed by atoms with Gasteiger partial charge in [-0.1, -0.05) is 30.3 Å². The van der Waals surface area contributed by atoms with E-state index in [0.717, 1.165) is 11.3 Å². The van der Waals surface area contributed by atoms with Gasteiger partial charge in [-0.25, -0.2) is 14.3 Å². The Labute approximate surface area is 137 Å². The standard InChI is InChI=1S/C18H12N4O2/c23-18(24)13-6-8-19-16(10-13)14-11-20-22-9-7-15(21-17(14)22)12-4-2-1-3-5-12/h1-11H,(H,23,24). The van der Waals surface area contributed by atoms with Gasteiger partial charge in [0.1, 0.15) is 0 Å². The lowest BCUT2D eigenvalue weighted by atomic mass is 10.1. The van der Waals surface area contributed by atoms with Crippen LogP contribution in [-0.4, -0.2) is 30.7 Å². The van der Waals surface area contributed by atoms with Crippen molar-refractivity contribution in [2.45, 2.75) is 0 Å². The second-order valence-electron chi connectivity index (χ2n) is 5.24. The summed E-state index contributed by atoms with van der Waals surface area (Å²) in [6.45, 7) is 0. The van der Waals surface area contributed by atoms with Crippen LogP contribution < -0.4 is 0 Å². The molecule has 0 radical (unpaired) electrons. The fourth-order valence-corrected chi connectivity index (χ4v) is 2.53. The molecule has 4 aromatic rings. The maximum absolute atomic E-state index is 11.2. The topological polar surface area (TPSA) is 80.4 Å². The fraction of sp³-hybridized carbons (Fsp3) is 0. The molecule has 0 aliphatic carbocycles. The summed E-state index contributed by atoms with van der Waals surface area (Å²) < 4.78 is 1.65. The van der Waals surface area contributed by atoms with Crippen molar-refractivity contribution in [1.82, 2.24) is 19.6 Å². The summed E-state index contributed by atoms with van der Waals surface area (Å²) in [6.07, 6.45) is 4.95. The Morgan fingerprint density at radius 3 is 2.67 bits per heavy atom. The maximum Gasteiger partial charge on any atom is 0.335 e. The SMILES string of the molecule is O=C(O)c1ccnc(-c2cnn3ccc(-c4ccccc4)nc23)c1. The van der Waals surface area contributed by atoms with Crippen molar-refractivity contribution in [3.63, 3.8) is 0 Å². The molecule has 6 heteroatoms. The van der Waals surface area contributed by atoms with Crippen molar-refractivity contribution >= 4 is 11.6 Å². The molecule has 4 rings (SSSR count). The number of aromatic nitrogens is 4. The summed E-state index contributed by atoms with van der Waals surface area (Å²) in [7, 11) is 0. The molecule has 0 fully saturated rings. The van der Waals surface area contributed by atoms with Crippen LogP contribution in [0.3, 0.4) is 0 Å². The van der Waals surface area contributed by atoms with Gasteiger partial charge in [0.05, 0.1) is 28.7 Å². The number of carboxylic acids is 1. The number of rotatable bonds is 3. The van der Waals surface area contributed by atoms with Gasteiger partial charge in [0.2, 0.25) is 0 Å². The average Bonchev–Trinajstić information content (AvgIpc) is 3.05. The van der Waals surface area contributed by atoms with E-state index in [1.54, 1.807) is 10.7 Å². The number of nitrogens with zero attached hydrogens (tertiary/aromatic N) is 4. The predicted octanol–water partition coefficient (Wildman–Crippen LogP) is 3.16. The first-order chi connectivity index (χ1) is 11.7. The molecule has 3 aromatic heterocycles. The molecule has 0 saturated carbocycles. The molecule has 3 heterocycles. The maximum atomic E-state index is 11.2. The van der Waals surface area contributed by atoms with E-state index in [1.807, 2.05) is 42.6 Å². The van der Waals surface area contributed by atoms with Crippen LogP contribution in [0.15, 0.2) is 67.1 Å². The van der Waals surface area contributed by atoms with Crippen molar-refractivity contribution in [3.8, 4) is 22.5 Å². The van der Waals surface area contributed by atoms with Crippen molar-refractivity contribution in [2.75, 3.05) is 0 Å². The van der Waals surface area contributed by atoms with E-state index >= 15 is 0 Å². The normalized spacial score (nSPS) is 10.8. The van der Waals surface area contributed by atoms with Crippen molar-refractivity contribution in [2.24, 2.45) is 0 Å². The molecule has 0 amide bonds. The highest BCUT2D eigenvalue weighted by atomic mass is 16.4. The highest BCUT2D eigenvalue weighted by molar-refractivity contribution is 5.89. The quantitative estimate of drug-likeness (QED) is 0.628.